The van der Waals surface area contributed by atoms with Crippen LogP contribution in [0.4, 0.5) is 0 Å². The summed E-state index contributed by atoms with van der Waals surface area (Å²) < 4.78 is 27.9. The average Bonchev–Trinajstić information content (AvgIpc) is 3.28. The Morgan fingerprint density at radius 3 is 2.56 bits per heavy atom. The summed E-state index contributed by atoms with van der Waals surface area (Å²) in [5.41, 5.74) is 2.23. The number of para-hydroxylation sites is 1. The number of aliphatic carboxylic acids is 1. The maximum absolute atomic E-state index is 12.8. The third-order valence-electron chi connectivity index (χ3n) is 4.63. The second-order valence-corrected chi connectivity index (χ2v) is 10.0. The van der Waals surface area contributed by atoms with Gasteiger partial charge >= 0.3 is 5.97 Å². The van der Waals surface area contributed by atoms with E-state index in [0.717, 1.165) is 27.8 Å². The van der Waals surface area contributed by atoms with Crippen molar-refractivity contribution in [2.45, 2.75) is 16.7 Å². The summed E-state index contributed by atoms with van der Waals surface area (Å²) in [6.07, 6.45) is 1.54. The number of carboxylic acid groups (broad SMARTS) is 1. The monoisotopic (exact) mass is 462 g/mol. The van der Waals surface area contributed by atoms with Gasteiger partial charge in [-0.05, 0) is 42.0 Å². The molecule has 0 saturated carbocycles. The fourth-order valence-corrected chi connectivity index (χ4v) is 5.44. The zero-order valence-electron chi connectivity index (χ0n) is 16.7. The van der Waals surface area contributed by atoms with Crippen LogP contribution in [-0.2, 0) is 21.2 Å². The van der Waals surface area contributed by atoms with E-state index in [2.05, 4.69) is 21.5 Å². The van der Waals surface area contributed by atoms with E-state index in [-0.39, 0.29) is 10.6 Å². The Balaban J connectivity index is 1.52. The maximum atomic E-state index is 12.8. The van der Waals surface area contributed by atoms with Crippen molar-refractivity contribution in [2.75, 3.05) is 0 Å². The van der Waals surface area contributed by atoms with Crippen molar-refractivity contribution in [3.05, 3.63) is 95.0 Å². The Hall–Kier alpha value is -3.51. The van der Waals surface area contributed by atoms with Crippen LogP contribution in [-0.4, -0.2) is 30.5 Å². The molecular weight excluding hydrogens is 444 g/mol. The van der Waals surface area contributed by atoms with E-state index in [9.17, 15) is 18.3 Å². The number of thiophene rings is 1. The molecular formula is C24H18N2O4S2. The molecule has 2 aromatic heterocycles. The summed E-state index contributed by atoms with van der Waals surface area (Å²) in [4.78, 5) is 16.7. The molecule has 0 fully saturated rings. The van der Waals surface area contributed by atoms with Crippen LogP contribution >= 0.6 is 11.3 Å². The number of fused-ring (bicyclic) bond motifs is 1. The van der Waals surface area contributed by atoms with Crippen LogP contribution in [0.3, 0.4) is 0 Å². The molecule has 8 heteroatoms. The molecule has 0 radical (unpaired) electrons. The Labute approximate surface area is 189 Å². The summed E-state index contributed by atoms with van der Waals surface area (Å²) in [6.45, 7) is 0. The van der Waals surface area contributed by atoms with Crippen molar-refractivity contribution in [1.29, 1.82) is 0 Å². The quantitative estimate of drug-likeness (QED) is 0.426. The van der Waals surface area contributed by atoms with E-state index < -0.39 is 22.0 Å². The van der Waals surface area contributed by atoms with Gasteiger partial charge in [-0.2, -0.15) is 4.72 Å². The Morgan fingerprint density at radius 1 is 1.03 bits per heavy atom. The van der Waals surface area contributed by atoms with Gasteiger partial charge in [0.05, 0.1) is 10.4 Å². The molecule has 6 nitrogen and oxygen atoms in total. The number of hydrogen-bond donors (Lipinski definition) is 2. The van der Waals surface area contributed by atoms with Crippen LogP contribution in [0.1, 0.15) is 16.0 Å². The summed E-state index contributed by atoms with van der Waals surface area (Å²) in [7, 11) is -4.03. The van der Waals surface area contributed by atoms with Gasteiger partial charge in [-0.15, -0.1) is 11.3 Å². The van der Waals surface area contributed by atoms with E-state index in [1.165, 1.54) is 6.07 Å². The molecule has 1 atom stereocenters. The van der Waals surface area contributed by atoms with E-state index >= 15 is 0 Å². The van der Waals surface area contributed by atoms with Gasteiger partial charge in [0, 0.05) is 23.6 Å². The first kappa shape index (κ1) is 21.7. The third-order valence-corrected chi connectivity index (χ3v) is 7.60. The third kappa shape index (κ3) is 5.21. The Morgan fingerprint density at radius 2 is 1.78 bits per heavy atom. The minimum absolute atomic E-state index is 0.0118. The van der Waals surface area contributed by atoms with Crippen molar-refractivity contribution >= 4 is 38.2 Å². The van der Waals surface area contributed by atoms with Gasteiger partial charge in [-0.1, -0.05) is 48.2 Å². The van der Waals surface area contributed by atoms with Gasteiger partial charge < -0.3 is 5.11 Å². The number of benzene rings is 2. The zero-order chi connectivity index (χ0) is 22.6. The number of nitrogens with one attached hydrogen (secondary N) is 1. The van der Waals surface area contributed by atoms with E-state index in [1.54, 1.807) is 12.3 Å². The second kappa shape index (κ2) is 9.32. The highest BCUT2D eigenvalue weighted by atomic mass is 32.2. The molecule has 0 aliphatic heterocycles. The lowest BCUT2D eigenvalue weighted by atomic mass is 10.1. The minimum atomic E-state index is -4.03. The first-order valence-corrected chi connectivity index (χ1v) is 12.0. The molecule has 2 aromatic carbocycles. The second-order valence-electron chi connectivity index (χ2n) is 6.99. The van der Waals surface area contributed by atoms with Crippen LogP contribution in [0.5, 0.6) is 0 Å². The molecule has 0 aliphatic carbocycles. The normalized spacial score (nSPS) is 12.1. The van der Waals surface area contributed by atoms with Crippen LogP contribution in [0.2, 0.25) is 0 Å². The van der Waals surface area contributed by atoms with E-state index in [0.29, 0.717) is 10.4 Å². The molecule has 4 aromatic rings. The number of pyridine rings is 1. The Kier molecular flexibility index (Phi) is 6.32. The van der Waals surface area contributed by atoms with Crippen LogP contribution < -0.4 is 4.72 Å². The SMILES string of the molecule is O=C(O)[C@@H](Cc1cnc2ccccc2c1)NS(=O)(=O)c1ccc(C#Cc2ccccc2)s1. The molecule has 2 heterocycles. The lowest BCUT2D eigenvalue weighted by Crippen LogP contribution is -2.42. The minimum Gasteiger partial charge on any atom is -0.480 e. The summed E-state index contributed by atoms with van der Waals surface area (Å²) in [5.74, 6) is 4.65. The highest BCUT2D eigenvalue weighted by Crippen LogP contribution is 2.22. The lowest BCUT2D eigenvalue weighted by Gasteiger charge is -2.14. The van der Waals surface area contributed by atoms with Gasteiger partial charge in [0.1, 0.15) is 10.3 Å². The largest absolute Gasteiger partial charge is 0.480 e. The molecule has 0 unspecified atom stereocenters. The number of carboxylic acids is 1. The molecule has 160 valence electrons. The fraction of sp³-hybridized carbons (Fsp3) is 0.0833. The lowest BCUT2D eigenvalue weighted by molar-refractivity contribution is -0.138. The van der Waals surface area contributed by atoms with Gasteiger partial charge in [0.25, 0.3) is 10.0 Å². The van der Waals surface area contributed by atoms with Crippen molar-refractivity contribution < 1.29 is 18.3 Å². The van der Waals surface area contributed by atoms with E-state index in [4.69, 9.17) is 0 Å². The first-order chi connectivity index (χ1) is 15.4. The molecule has 0 amide bonds. The van der Waals surface area contributed by atoms with E-state index in [1.807, 2.05) is 60.7 Å². The van der Waals surface area contributed by atoms with Crippen molar-refractivity contribution in [3.8, 4) is 11.8 Å². The van der Waals surface area contributed by atoms with Crippen molar-refractivity contribution in [3.63, 3.8) is 0 Å². The summed E-state index contributed by atoms with van der Waals surface area (Å²) in [5, 5.41) is 10.5. The van der Waals surface area contributed by atoms with Crippen molar-refractivity contribution in [2.24, 2.45) is 0 Å². The zero-order valence-corrected chi connectivity index (χ0v) is 18.4. The number of aromatic nitrogens is 1. The van der Waals surface area contributed by atoms with Gasteiger partial charge in [0.15, 0.2) is 0 Å². The van der Waals surface area contributed by atoms with Crippen LogP contribution in [0.25, 0.3) is 10.9 Å². The number of rotatable bonds is 6. The molecule has 0 saturated heterocycles. The number of hydrogen-bond acceptors (Lipinski definition) is 5. The summed E-state index contributed by atoms with van der Waals surface area (Å²) >= 11 is 0.992. The standard InChI is InChI=1S/C24H18N2O4S2/c27-24(28)22(15-18-14-19-8-4-5-9-21(19)25-16-18)26-32(29,30)23-13-12-20(31-23)11-10-17-6-2-1-3-7-17/h1-9,12-14,16,22,26H,15H2,(H,27,28)/t22-/m1/s1. The maximum Gasteiger partial charge on any atom is 0.322 e. The Bertz CT molecular complexity index is 1430. The fourth-order valence-electron chi connectivity index (χ4n) is 3.08. The first-order valence-electron chi connectivity index (χ1n) is 9.66. The topological polar surface area (TPSA) is 96.4 Å². The average molecular weight is 463 g/mol. The molecule has 32 heavy (non-hydrogen) atoms. The molecule has 0 bridgehead atoms. The van der Waals surface area contributed by atoms with Crippen molar-refractivity contribution in [1.82, 2.24) is 9.71 Å². The van der Waals surface area contributed by atoms with Gasteiger partial charge in [-0.25, -0.2) is 8.42 Å². The highest BCUT2D eigenvalue weighted by molar-refractivity contribution is 7.91. The molecule has 4 rings (SSSR count). The van der Waals surface area contributed by atoms with Gasteiger partial charge in [-0.3, -0.25) is 9.78 Å². The number of nitrogens with zero attached hydrogens (tertiary/aromatic N) is 1. The number of sulfonamides is 1. The summed E-state index contributed by atoms with van der Waals surface area (Å²) in [6, 6.07) is 20.3. The predicted molar refractivity (Wildman–Crippen MR) is 124 cm³/mol. The molecule has 0 aliphatic rings. The predicted octanol–water partition coefficient (Wildman–Crippen LogP) is 3.67. The number of carbonyl (C=O) groups is 1. The highest BCUT2D eigenvalue weighted by Gasteiger charge is 2.27. The molecule has 0 spiro atoms. The molecule has 2 N–H and O–H groups in total. The van der Waals surface area contributed by atoms with Gasteiger partial charge in [0.2, 0.25) is 0 Å². The van der Waals surface area contributed by atoms with Crippen LogP contribution in [0.15, 0.2) is 83.2 Å². The van der Waals surface area contributed by atoms with Crippen LogP contribution in [0, 0.1) is 11.8 Å². The smallest absolute Gasteiger partial charge is 0.322 e.